The van der Waals surface area contributed by atoms with Gasteiger partial charge in [0.1, 0.15) is 0 Å². The molecule has 0 aliphatic rings. The van der Waals surface area contributed by atoms with Gasteiger partial charge in [-0.05, 0) is 37.4 Å². The summed E-state index contributed by atoms with van der Waals surface area (Å²) in [5.74, 6) is 0. The van der Waals surface area contributed by atoms with Gasteiger partial charge >= 0.3 is 0 Å². The van der Waals surface area contributed by atoms with Gasteiger partial charge in [0.15, 0.2) is 0 Å². The van der Waals surface area contributed by atoms with E-state index in [2.05, 4.69) is 0 Å². The molecular weight excluding hydrogens is 296 g/mol. The van der Waals surface area contributed by atoms with E-state index in [1.54, 1.807) is 13.1 Å². The number of nitrogens with zero attached hydrogens (tertiary/aromatic N) is 1. The molecule has 1 aromatic carbocycles. The van der Waals surface area contributed by atoms with E-state index in [9.17, 15) is 8.42 Å². The summed E-state index contributed by atoms with van der Waals surface area (Å²) in [5, 5.41) is 0. The molecule has 1 aromatic rings. The first-order valence-corrected chi connectivity index (χ1v) is 7.78. The number of nitrogens with two attached hydrogens (primary N) is 1. The Labute approximate surface area is 128 Å². The molecule has 0 amide bonds. The highest BCUT2D eigenvalue weighted by molar-refractivity contribution is 7.89. The molecule has 0 aliphatic carbocycles. The van der Waals surface area contributed by atoms with Crippen LogP contribution in [-0.2, 0) is 10.0 Å². The molecule has 0 unspecified atom stereocenters. The van der Waals surface area contributed by atoms with Crippen LogP contribution in [0.4, 0.5) is 0 Å². The summed E-state index contributed by atoms with van der Waals surface area (Å²) < 4.78 is 26.5. The number of hydrogen-bond acceptors (Lipinski definition) is 3. The van der Waals surface area contributed by atoms with Gasteiger partial charge in [-0.25, -0.2) is 12.7 Å². The van der Waals surface area contributed by atoms with Crippen LogP contribution in [0.1, 0.15) is 25.0 Å². The first-order valence-electron chi connectivity index (χ1n) is 6.34. The quantitative estimate of drug-likeness (QED) is 0.905. The van der Waals surface area contributed by atoms with Gasteiger partial charge in [-0.2, -0.15) is 0 Å². The minimum absolute atomic E-state index is 0. The highest BCUT2D eigenvalue weighted by Gasteiger charge is 2.28. The average molecular weight is 321 g/mol. The van der Waals surface area contributed by atoms with E-state index in [0.717, 1.165) is 11.1 Å². The predicted octanol–water partition coefficient (Wildman–Crippen LogP) is 2.33. The molecule has 0 saturated heterocycles. The Kier molecular flexibility index (Phi) is 6.68. The molecule has 4 nitrogen and oxygen atoms in total. The van der Waals surface area contributed by atoms with Crippen molar-refractivity contribution >= 4 is 22.4 Å². The zero-order chi connectivity index (χ0) is 14.8. The Morgan fingerprint density at radius 1 is 1.25 bits per heavy atom. The molecule has 0 aliphatic heterocycles. The molecule has 0 fully saturated rings. The smallest absolute Gasteiger partial charge is 0.243 e. The lowest BCUT2D eigenvalue weighted by molar-refractivity contribution is 0.292. The van der Waals surface area contributed by atoms with Crippen LogP contribution in [0, 0.1) is 19.3 Å². The summed E-state index contributed by atoms with van der Waals surface area (Å²) in [6.45, 7) is 8.54. The summed E-state index contributed by atoms with van der Waals surface area (Å²) in [4.78, 5) is 0.369. The van der Waals surface area contributed by atoms with Crippen molar-refractivity contribution in [2.75, 3.05) is 20.1 Å². The molecule has 20 heavy (non-hydrogen) atoms. The van der Waals surface area contributed by atoms with Crippen molar-refractivity contribution in [3.8, 4) is 0 Å². The molecule has 6 heteroatoms. The summed E-state index contributed by atoms with van der Waals surface area (Å²) >= 11 is 0. The van der Waals surface area contributed by atoms with E-state index in [1.165, 1.54) is 4.31 Å². The van der Waals surface area contributed by atoms with E-state index in [0.29, 0.717) is 18.0 Å². The van der Waals surface area contributed by atoms with Crippen molar-refractivity contribution in [1.82, 2.24) is 4.31 Å². The van der Waals surface area contributed by atoms with Crippen molar-refractivity contribution in [1.29, 1.82) is 0 Å². The van der Waals surface area contributed by atoms with Crippen LogP contribution < -0.4 is 5.73 Å². The molecule has 0 radical (unpaired) electrons. The third-order valence-corrected chi connectivity index (χ3v) is 5.19. The van der Waals surface area contributed by atoms with Crippen LogP contribution in [0.15, 0.2) is 23.1 Å². The van der Waals surface area contributed by atoms with E-state index in [1.807, 2.05) is 39.8 Å². The van der Waals surface area contributed by atoms with E-state index < -0.39 is 10.0 Å². The summed E-state index contributed by atoms with van der Waals surface area (Å²) in [7, 11) is -1.85. The van der Waals surface area contributed by atoms with Crippen molar-refractivity contribution in [3.63, 3.8) is 0 Å². The van der Waals surface area contributed by atoms with Crippen LogP contribution in [0.2, 0.25) is 0 Å². The summed E-state index contributed by atoms with van der Waals surface area (Å²) in [6, 6.07) is 5.38. The number of halogens is 1. The molecule has 1 rings (SSSR count). The van der Waals surface area contributed by atoms with E-state index in [-0.39, 0.29) is 17.8 Å². The topological polar surface area (TPSA) is 63.4 Å². The highest BCUT2D eigenvalue weighted by atomic mass is 35.5. The Morgan fingerprint density at radius 2 is 1.80 bits per heavy atom. The lowest BCUT2D eigenvalue weighted by atomic mass is 9.94. The second-order valence-corrected chi connectivity index (χ2v) is 7.91. The van der Waals surface area contributed by atoms with Gasteiger partial charge in [0.2, 0.25) is 10.0 Å². The first-order chi connectivity index (χ1) is 8.60. The fraction of sp³-hybridized carbons (Fsp3) is 0.571. The van der Waals surface area contributed by atoms with Crippen LogP contribution >= 0.6 is 12.4 Å². The van der Waals surface area contributed by atoms with Crippen LogP contribution in [0.3, 0.4) is 0 Å². The minimum atomic E-state index is -3.45. The second-order valence-electron chi connectivity index (χ2n) is 5.90. The molecule has 0 atom stereocenters. The second kappa shape index (κ2) is 6.89. The molecule has 0 heterocycles. The van der Waals surface area contributed by atoms with Gasteiger partial charge in [-0.3, -0.25) is 0 Å². The lowest BCUT2D eigenvalue weighted by Crippen LogP contribution is -2.39. The Bertz CT molecular complexity index is 556. The third-order valence-electron chi connectivity index (χ3n) is 3.22. The van der Waals surface area contributed by atoms with Crippen molar-refractivity contribution in [2.24, 2.45) is 11.1 Å². The zero-order valence-electron chi connectivity index (χ0n) is 12.8. The van der Waals surface area contributed by atoms with Crippen LogP contribution in [-0.4, -0.2) is 32.9 Å². The zero-order valence-corrected chi connectivity index (χ0v) is 14.4. The Hall–Kier alpha value is -0.620. The number of rotatable bonds is 5. The molecule has 2 N–H and O–H groups in total. The highest BCUT2D eigenvalue weighted by Crippen LogP contribution is 2.23. The van der Waals surface area contributed by atoms with Gasteiger partial charge in [-0.1, -0.05) is 31.5 Å². The fourth-order valence-electron chi connectivity index (χ4n) is 2.01. The maximum absolute atomic E-state index is 12.5. The average Bonchev–Trinajstić information content (AvgIpc) is 2.27. The number of aryl methyl sites for hydroxylation is 2. The van der Waals surface area contributed by atoms with E-state index >= 15 is 0 Å². The SMILES string of the molecule is Cc1ccc(S(=O)(=O)N(C)CC(C)(C)CN)c(C)c1.Cl. The van der Waals surface area contributed by atoms with E-state index in [4.69, 9.17) is 5.73 Å². The molecule has 0 spiro atoms. The molecule has 0 saturated carbocycles. The maximum Gasteiger partial charge on any atom is 0.243 e. The number of benzene rings is 1. The normalized spacial score (nSPS) is 12.3. The van der Waals surface area contributed by atoms with Crippen molar-refractivity contribution in [3.05, 3.63) is 29.3 Å². The monoisotopic (exact) mass is 320 g/mol. The minimum Gasteiger partial charge on any atom is -0.330 e. The maximum atomic E-state index is 12.5. The molecule has 116 valence electrons. The van der Waals surface area contributed by atoms with Gasteiger partial charge in [0.25, 0.3) is 0 Å². The summed E-state index contributed by atoms with van der Waals surface area (Å²) in [5.41, 5.74) is 7.26. The van der Waals surface area contributed by atoms with Crippen molar-refractivity contribution in [2.45, 2.75) is 32.6 Å². The number of sulfonamides is 1. The van der Waals surface area contributed by atoms with Gasteiger partial charge in [-0.15, -0.1) is 12.4 Å². The summed E-state index contributed by atoms with van der Waals surface area (Å²) in [6.07, 6.45) is 0. The predicted molar refractivity (Wildman–Crippen MR) is 85.8 cm³/mol. The first kappa shape index (κ1) is 19.4. The fourth-order valence-corrected chi connectivity index (χ4v) is 3.57. The third kappa shape index (κ3) is 4.45. The molecular formula is C14H25ClN2O2S. The lowest BCUT2D eigenvalue weighted by Gasteiger charge is -2.28. The molecule has 0 aromatic heterocycles. The number of hydrogen-bond donors (Lipinski definition) is 1. The Morgan fingerprint density at radius 3 is 2.25 bits per heavy atom. The van der Waals surface area contributed by atoms with Crippen LogP contribution in [0.5, 0.6) is 0 Å². The van der Waals surface area contributed by atoms with Crippen LogP contribution in [0.25, 0.3) is 0 Å². The van der Waals surface area contributed by atoms with Gasteiger partial charge in [0, 0.05) is 13.6 Å². The largest absolute Gasteiger partial charge is 0.330 e. The Balaban J connectivity index is 0.00000361. The van der Waals surface area contributed by atoms with Gasteiger partial charge in [0.05, 0.1) is 4.90 Å². The van der Waals surface area contributed by atoms with Gasteiger partial charge < -0.3 is 5.73 Å². The van der Waals surface area contributed by atoms with Crippen molar-refractivity contribution < 1.29 is 8.42 Å². The molecule has 0 bridgehead atoms. The standard InChI is InChI=1S/C14H24N2O2S.ClH/c1-11-6-7-13(12(2)8-11)19(17,18)16(5)10-14(3,4)9-15;/h6-8H,9-10,15H2,1-5H3;1H.